The van der Waals surface area contributed by atoms with Crippen molar-refractivity contribution in [1.29, 1.82) is 0 Å². The first-order chi connectivity index (χ1) is 11.1. The van der Waals surface area contributed by atoms with Gasteiger partial charge in [-0.1, -0.05) is 41.9 Å². The molecule has 0 bridgehead atoms. The lowest BCUT2D eigenvalue weighted by Crippen LogP contribution is -2.32. The van der Waals surface area contributed by atoms with E-state index < -0.39 is 0 Å². The average molecular weight is 331 g/mol. The summed E-state index contributed by atoms with van der Waals surface area (Å²) in [6.07, 6.45) is 0.226. The van der Waals surface area contributed by atoms with Crippen LogP contribution in [-0.4, -0.2) is 18.4 Å². The Labute approximate surface area is 140 Å². The second-order valence-electron chi connectivity index (χ2n) is 5.22. The Morgan fingerprint density at radius 2 is 1.83 bits per heavy atom. The van der Waals surface area contributed by atoms with Crippen molar-refractivity contribution >= 4 is 23.4 Å². The van der Waals surface area contributed by atoms with Crippen molar-refractivity contribution in [2.45, 2.75) is 19.4 Å². The maximum absolute atomic E-state index is 11.9. The van der Waals surface area contributed by atoms with Gasteiger partial charge in [-0.05, 0) is 36.8 Å². The molecule has 0 aliphatic rings. The van der Waals surface area contributed by atoms with E-state index in [4.69, 9.17) is 11.6 Å². The molecular weight excluding hydrogens is 312 g/mol. The summed E-state index contributed by atoms with van der Waals surface area (Å²) in [6, 6.07) is 16.2. The highest BCUT2D eigenvalue weighted by Gasteiger charge is 2.10. The summed E-state index contributed by atoms with van der Waals surface area (Å²) in [4.78, 5) is 23.8. The van der Waals surface area contributed by atoms with Gasteiger partial charge < -0.3 is 10.6 Å². The van der Waals surface area contributed by atoms with Crippen molar-refractivity contribution in [3.63, 3.8) is 0 Å². The van der Waals surface area contributed by atoms with E-state index in [2.05, 4.69) is 10.6 Å². The molecule has 4 nitrogen and oxygen atoms in total. The first-order valence-electron chi connectivity index (χ1n) is 7.44. The number of hydrogen-bond acceptors (Lipinski definition) is 2. The lowest BCUT2D eigenvalue weighted by molar-refractivity contribution is -0.121. The molecule has 0 fully saturated rings. The van der Waals surface area contributed by atoms with Gasteiger partial charge in [-0.2, -0.15) is 0 Å². The van der Waals surface area contributed by atoms with E-state index in [0.717, 1.165) is 5.56 Å². The Morgan fingerprint density at radius 1 is 1.09 bits per heavy atom. The zero-order valence-corrected chi connectivity index (χ0v) is 13.6. The van der Waals surface area contributed by atoms with Crippen LogP contribution >= 0.6 is 11.6 Å². The maximum Gasteiger partial charge on any atom is 0.251 e. The maximum atomic E-state index is 11.9. The quantitative estimate of drug-likeness (QED) is 0.853. The van der Waals surface area contributed by atoms with Gasteiger partial charge in [0.1, 0.15) is 0 Å². The fourth-order valence-corrected chi connectivity index (χ4v) is 2.35. The molecule has 0 radical (unpaired) electrons. The lowest BCUT2D eigenvalue weighted by Gasteiger charge is -2.14. The molecule has 5 heteroatoms. The van der Waals surface area contributed by atoms with Gasteiger partial charge in [0, 0.05) is 23.6 Å². The lowest BCUT2D eigenvalue weighted by atomic mass is 10.1. The van der Waals surface area contributed by atoms with E-state index in [1.807, 2.05) is 31.2 Å². The number of carbonyl (C=O) groups is 2. The third-order valence-electron chi connectivity index (χ3n) is 3.40. The van der Waals surface area contributed by atoms with E-state index in [9.17, 15) is 9.59 Å². The molecule has 2 aromatic carbocycles. The van der Waals surface area contributed by atoms with Crippen LogP contribution in [0.1, 0.15) is 35.3 Å². The number of carbonyl (C=O) groups excluding carboxylic acids is 2. The van der Waals surface area contributed by atoms with E-state index in [1.54, 1.807) is 30.3 Å². The van der Waals surface area contributed by atoms with Crippen LogP contribution in [-0.2, 0) is 4.79 Å². The van der Waals surface area contributed by atoms with Gasteiger partial charge in [-0.25, -0.2) is 0 Å². The standard InChI is InChI=1S/C18H19ClN2O2/c1-13(15-8-5-9-16(19)12-15)21-17(22)10-11-20-18(23)14-6-3-2-4-7-14/h2-9,12-13H,10-11H2,1H3,(H,20,23)(H,21,22). The number of halogens is 1. The predicted molar refractivity (Wildman–Crippen MR) is 91.4 cm³/mol. The number of rotatable bonds is 6. The number of benzene rings is 2. The van der Waals surface area contributed by atoms with Crippen LogP contribution in [0.25, 0.3) is 0 Å². The smallest absolute Gasteiger partial charge is 0.251 e. The number of hydrogen-bond donors (Lipinski definition) is 2. The fraction of sp³-hybridized carbons (Fsp3) is 0.222. The first-order valence-corrected chi connectivity index (χ1v) is 7.82. The third kappa shape index (κ3) is 5.42. The van der Waals surface area contributed by atoms with Gasteiger partial charge in [-0.3, -0.25) is 9.59 Å². The second-order valence-corrected chi connectivity index (χ2v) is 5.65. The summed E-state index contributed by atoms with van der Waals surface area (Å²) >= 11 is 5.94. The molecule has 2 amide bonds. The molecule has 120 valence electrons. The summed E-state index contributed by atoms with van der Waals surface area (Å²) in [5.41, 5.74) is 1.53. The van der Waals surface area contributed by atoms with Crippen LogP contribution in [0.15, 0.2) is 54.6 Å². The molecule has 0 heterocycles. The van der Waals surface area contributed by atoms with E-state index in [-0.39, 0.29) is 24.3 Å². The van der Waals surface area contributed by atoms with Crippen molar-refractivity contribution in [3.8, 4) is 0 Å². The Balaban J connectivity index is 1.76. The molecule has 2 N–H and O–H groups in total. The van der Waals surface area contributed by atoms with Gasteiger partial charge in [0.25, 0.3) is 5.91 Å². The third-order valence-corrected chi connectivity index (χ3v) is 3.63. The molecule has 1 unspecified atom stereocenters. The molecule has 1 atom stereocenters. The topological polar surface area (TPSA) is 58.2 Å². The molecule has 2 rings (SSSR count). The Bertz CT molecular complexity index is 674. The van der Waals surface area contributed by atoms with Crippen LogP contribution in [0.4, 0.5) is 0 Å². The van der Waals surface area contributed by atoms with Crippen molar-refractivity contribution in [2.75, 3.05) is 6.54 Å². The largest absolute Gasteiger partial charge is 0.352 e. The van der Waals surface area contributed by atoms with Gasteiger partial charge in [0.15, 0.2) is 0 Å². The van der Waals surface area contributed by atoms with Crippen molar-refractivity contribution in [2.24, 2.45) is 0 Å². The Hall–Kier alpha value is -2.33. The monoisotopic (exact) mass is 330 g/mol. The summed E-state index contributed by atoms with van der Waals surface area (Å²) in [6.45, 7) is 2.19. The van der Waals surface area contributed by atoms with Crippen molar-refractivity contribution in [3.05, 3.63) is 70.7 Å². The molecule has 23 heavy (non-hydrogen) atoms. The summed E-state index contributed by atoms with van der Waals surface area (Å²) in [5.74, 6) is -0.299. The first kappa shape index (κ1) is 17.0. The van der Waals surface area contributed by atoms with Gasteiger partial charge in [0.2, 0.25) is 5.91 Å². The van der Waals surface area contributed by atoms with Gasteiger partial charge in [-0.15, -0.1) is 0 Å². The van der Waals surface area contributed by atoms with Gasteiger partial charge >= 0.3 is 0 Å². The van der Waals surface area contributed by atoms with Gasteiger partial charge in [0.05, 0.1) is 6.04 Å². The Kier molecular flexibility index (Phi) is 6.18. The molecule has 0 saturated heterocycles. The SMILES string of the molecule is CC(NC(=O)CCNC(=O)c1ccccc1)c1cccc(Cl)c1. The molecule has 2 aromatic rings. The van der Waals surface area contributed by atoms with Crippen LogP contribution in [0.5, 0.6) is 0 Å². The zero-order chi connectivity index (χ0) is 16.7. The highest BCUT2D eigenvalue weighted by Crippen LogP contribution is 2.17. The predicted octanol–water partition coefficient (Wildman–Crippen LogP) is 3.34. The number of amides is 2. The van der Waals surface area contributed by atoms with E-state index in [1.165, 1.54) is 0 Å². The normalized spacial score (nSPS) is 11.6. The van der Waals surface area contributed by atoms with E-state index in [0.29, 0.717) is 17.1 Å². The van der Waals surface area contributed by atoms with E-state index >= 15 is 0 Å². The molecule has 0 aromatic heterocycles. The number of nitrogens with one attached hydrogen (secondary N) is 2. The Morgan fingerprint density at radius 3 is 2.52 bits per heavy atom. The molecule has 0 aliphatic heterocycles. The van der Waals surface area contributed by atoms with Crippen LogP contribution in [0, 0.1) is 0 Å². The zero-order valence-electron chi connectivity index (χ0n) is 12.9. The minimum absolute atomic E-state index is 0.120. The average Bonchev–Trinajstić information content (AvgIpc) is 2.55. The van der Waals surface area contributed by atoms with Crippen molar-refractivity contribution in [1.82, 2.24) is 10.6 Å². The van der Waals surface area contributed by atoms with Crippen LogP contribution < -0.4 is 10.6 Å². The highest BCUT2D eigenvalue weighted by atomic mass is 35.5. The van der Waals surface area contributed by atoms with Crippen molar-refractivity contribution < 1.29 is 9.59 Å². The minimum atomic E-state index is -0.179. The molecular formula is C18H19ClN2O2. The fourth-order valence-electron chi connectivity index (χ4n) is 2.15. The summed E-state index contributed by atoms with van der Waals surface area (Å²) in [5, 5.41) is 6.26. The van der Waals surface area contributed by atoms with Crippen LogP contribution in [0.2, 0.25) is 5.02 Å². The van der Waals surface area contributed by atoms with Crippen LogP contribution in [0.3, 0.4) is 0 Å². The second kappa shape index (κ2) is 8.34. The minimum Gasteiger partial charge on any atom is -0.352 e. The summed E-state index contributed by atoms with van der Waals surface area (Å²) in [7, 11) is 0. The summed E-state index contributed by atoms with van der Waals surface area (Å²) < 4.78 is 0. The molecule has 0 aliphatic carbocycles. The highest BCUT2D eigenvalue weighted by molar-refractivity contribution is 6.30. The molecule has 0 saturated carbocycles. The molecule has 0 spiro atoms.